The van der Waals surface area contributed by atoms with Crippen LogP contribution in [0.5, 0.6) is 0 Å². The minimum Gasteiger partial charge on any atom is -0.462 e. The quantitative estimate of drug-likeness (QED) is 0.659. The number of hydrogen-bond acceptors (Lipinski definition) is 5. The number of carbonyl (C=O) groups excluding carboxylic acids is 3. The zero-order chi connectivity index (χ0) is 16.3. The highest BCUT2D eigenvalue weighted by atomic mass is 16.5. The van der Waals surface area contributed by atoms with E-state index in [1.54, 1.807) is 31.2 Å². The number of ether oxygens (including phenoxy) is 1. The minimum absolute atomic E-state index is 0.118. The van der Waals surface area contributed by atoms with E-state index in [-0.39, 0.29) is 24.3 Å². The Labute approximate surface area is 129 Å². The van der Waals surface area contributed by atoms with Crippen molar-refractivity contribution in [3.63, 3.8) is 0 Å². The van der Waals surface area contributed by atoms with E-state index >= 15 is 0 Å². The van der Waals surface area contributed by atoms with Crippen LogP contribution in [-0.4, -0.2) is 36.5 Å². The predicted octanol–water partition coefficient (Wildman–Crippen LogP) is 1.49. The third kappa shape index (κ3) is 3.33. The van der Waals surface area contributed by atoms with E-state index in [2.05, 4.69) is 5.32 Å². The molecule has 1 aliphatic rings. The summed E-state index contributed by atoms with van der Waals surface area (Å²) < 4.78 is 4.90. The third-order valence-electron chi connectivity index (χ3n) is 3.32. The Morgan fingerprint density at radius 3 is 2.50 bits per heavy atom. The fourth-order valence-corrected chi connectivity index (χ4v) is 2.40. The van der Waals surface area contributed by atoms with Gasteiger partial charge in [0.05, 0.1) is 30.3 Å². The molecule has 22 heavy (non-hydrogen) atoms. The predicted molar refractivity (Wildman–Crippen MR) is 81.6 cm³/mol. The molecule has 0 bridgehead atoms. The van der Waals surface area contributed by atoms with Gasteiger partial charge in [0.25, 0.3) is 5.91 Å². The number of imide groups is 1. The Hall–Kier alpha value is -2.21. The lowest BCUT2D eigenvalue weighted by Gasteiger charge is -2.17. The van der Waals surface area contributed by atoms with Crippen molar-refractivity contribution in [2.75, 3.05) is 11.5 Å². The molecule has 0 unspecified atom stereocenters. The molecule has 6 nitrogen and oxygen atoms in total. The Morgan fingerprint density at radius 1 is 1.32 bits per heavy atom. The first-order valence-electron chi connectivity index (χ1n) is 7.34. The summed E-state index contributed by atoms with van der Waals surface area (Å²) in [7, 11) is 0. The second-order valence-corrected chi connectivity index (χ2v) is 5.41. The standard InChI is InChI=1S/C16H20N2O4/c1-4-22-16(21)11-5-7-12(8-6-11)18-14(19)9-13(15(18)20)17-10(2)3/h5-8,10,13,17H,4,9H2,1-3H3/t13-/m1/s1. The van der Waals surface area contributed by atoms with E-state index in [1.165, 1.54) is 0 Å². The second-order valence-electron chi connectivity index (χ2n) is 5.41. The molecule has 0 saturated carbocycles. The number of anilines is 1. The second kappa shape index (κ2) is 6.70. The molecule has 1 saturated heterocycles. The van der Waals surface area contributed by atoms with Crippen molar-refractivity contribution < 1.29 is 19.1 Å². The number of amides is 2. The van der Waals surface area contributed by atoms with Crippen molar-refractivity contribution in [1.29, 1.82) is 0 Å². The molecule has 1 fully saturated rings. The molecule has 2 amide bonds. The first-order chi connectivity index (χ1) is 10.4. The van der Waals surface area contributed by atoms with Crippen LogP contribution in [0.1, 0.15) is 37.6 Å². The Bertz CT molecular complexity index is 580. The summed E-state index contributed by atoms with van der Waals surface area (Å²) in [5, 5.41) is 3.08. The fraction of sp³-hybridized carbons (Fsp3) is 0.438. The van der Waals surface area contributed by atoms with Crippen molar-refractivity contribution in [2.45, 2.75) is 39.3 Å². The summed E-state index contributed by atoms with van der Waals surface area (Å²) in [5.41, 5.74) is 0.859. The number of benzene rings is 1. The van der Waals surface area contributed by atoms with E-state index in [9.17, 15) is 14.4 Å². The molecule has 6 heteroatoms. The maximum absolute atomic E-state index is 12.3. The summed E-state index contributed by atoms with van der Waals surface area (Å²) in [5.74, 6) is -0.929. The maximum Gasteiger partial charge on any atom is 0.338 e. The monoisotopic (exact) mass is 304 g/mol. The largest absolute Gasteiger partial charge is 0.462 e. The van der Waals surface area contributed by atoms with Gasteiger partial charge in [0.2, 0.25) is 5.91 Å². The molecule has 2 rings (SSSR count). The first-order valence-corrected chi connectivity index (χ1v) is 7.34. The molecule has 1 aromatic carbocycles. The lowest BCUT2D eigenvalue weighted by atomic mass is 10.2. The number of nitrogens with zero attached hydrogens (tertiary/aromatic N) is 1. The molecule has 0 radical (unpaired) electrons. The summed E-state index contributed by atoms with van der Waals surface area (Å²) >= 11 is 0. The van der Waals surface area contributed by atoms with Gasteiger partial charge < -0.3 is 10.1 Å². The fourth-order valence-electron chi connectivity index (χ4n) is 2.40. The minimum atomic E-state index is -0.489. The van der Waals surface area contributed by atoms with Crippen molar-refractivity contribution in [1.82, 2.24) is 5.32 Å². The van der Waals surface area contributed by atoms with Gasteiger partial charge in [-0.3, -0.25) is 9.59 Å². The maximum atomic E-state index is 12.3. The summed E-state index contributed by atoms with van der Waals surface area (Å²) in [6.07, 6.45) is 0.149. The van der Waals surface area contributed by atoms with Gasteiger partial charge in [-0.25, -0.2) is 9.69 Å². The van der Waals surface area contributed by atoms with Gasteiger partial charge in [-0.1, -0.05) is 13.8 Å². The molecule has 0 spiro atoms. The lowest BCUT2D eigenvalue weighted by Crippen LogP contribution is -2.41. The van der Waals surface area contributed by atoms with Gasteiger partial charge in [-0.2, -0.15) is 0 Å². The average molecular weight is 304 g/mol. The van der Waals surface area contributed by atoms with Gasteiger partial charge in [-0.05, 0) is 31.2 Å². The van der Waals surface area contributed by atoms with Crippen LogP contribution in [0.4, 0.5) is 5.69 Å². The van der Waals surface area contributed by atoms with Crippen LogP contribution in [0.3, 0.4) is 0 Å². The zero-order valence-electron chi connectivity index (χ0n) is 13.0. The number of hydrogen-bond donors (Lipinski definition) is 1. The topological polar surface area (TPSA) is 75.7 Å². The van der Waals surface area contributed by atoms with E-state index in [0.29, 0.717) is 17.9 Å². The van der Waals surface area contributed by atoms with Crippen LogP contribution >= 0.6 is 0 Å². The number of nitrogens with one attached hydrogen (secondary N) is 1. The summed E-state index contributed by atoms with van der Waals surface area (Å²) in [6, 6.07) is 5.90. The molecule has 1 N–H and O–H groups in total. The number of esters is 1. The van der Waals surface area contributed by atoms with Crippen molar-refractivity contribution >= 4 is 23.5 Å². The van der Waals surface area contributed by atoms with Crippen LogP contribution in [-0.2, 0) is 14.3 Å². The lowest BCUT2D eigenvalue weighted by molar-refractivity contribution is -0.121. The van der Waals surface area contributed by atoms with Gasteiger partial charge in [0.1, 0.15) is 0 Å². The number of carbonyl (C=O) groups is 3. The normalized spacial score (nSPS) is 18.2. The Balaban J connectivity index is 2.16. The van der Waals surface area contributed by atoms with E-state index in [1.807, 2.05) is 13.8 Å². The molecule has 1 heterocycles. The average Bonchev–Trinajstić information content (AvgIpc) is 2.73. The SMILES string of the molecule is CCOC(=O)c1ccc(N2C(=O)C[C@@H](NC(C)C)C2=O)cc1. The van der Waals surface area contributed by atoms with Crippen LogP contribution in [0.15, 0.2) is 24.3 Å². The zero-order valence-corrected chi connectivity index (χ0v) is 13.0. The molecule has 118 valence electrons. The highest BCUT2D eigenvalue weighted by Crippen LogP contribution is 2.23. The molecule has 1 aromatic rings. The molecule has 0 aliphatic carbocycles. The van der Waals surface area contributed by atoms with Gasteiger partial charge in [0, 0.05) is 6.04 Å². The van der Waals surface area contributed by atoms with Gasteiger partial charge in [0.15, 0.2) is 0 Å². The van der Waals surface area contributed by atoms with E-state index < -0.39 is 12.0 Å². The van der Waals surface area contributed by atoms with Crippen LogP contribution in [0.2, 0.25) is 0 Å². The van der Waals surface area contributed by atoms with Crippen molar-refractivity contribution in [2.24, 2.45) is 0 Å². The Morgan fingerprint density at radius 2 is 1.95 bits per heavy atom. The van der Waals surface area contributed by atoms with Crippen LogP contribution < -0.4 is 10.2 Å². The first kappa shape index (κ1) is 16.2. The van der Waals surface area contributed by atoms with Crippen LogP contribution in [0, 0.1) is 0 Å². The van der Waals surface area contributed by atoms with Crippen molar-refractivity contribution in [3.05, 3.63) is 29.8 Å². The number of rotatable bonds is 5. The highest BCUT2D eigenvalue weighted by molar-refractivity contribution is 6.22. The molecular weight excluding hydrogens is 284 g/mol. The van der Waals surface area contributed by atoms with E-state index in [4.69, 9.17) is 4.74 Å². The summed E-state index contributed by atoms with van der Waals surface area (Å²) in [4.78, 5) is 37.2. The molecule has 1 aliphatic heterocycles. The highest BCUT2D eigenvalue weighted by Gasteiger charge is 2.39. The smallest absolute Gasteiger partial charge is 0.338 e. The third-order valence-corrected chi connectivity index (χ3v) is 3.32. The Kier molecular flexibility index (Phi) is 4.92. The molecule has 0 aromatic heterocycles. The summed E-state index contributed by atoms with van der Waals surface area (Å²) in [6.45, 7) is 5.88. The van der Waals surface area contributed by atoms with E-state index in [0.717, 1.165) is 4.90 Å². The van der Waals surface area contributed by atoms with Crippen LogP contribution in [0.25, 0.3) is 0 Å². The van der Waals surface area contributed by atoms with Gasteiger partial charge in [-0.15, -0.1) is 0 Å². The molecular formula is C16H20N2O4. The van der Waals surface area contributed by atoms with Gasteiger partial charge >= 0.3 is 5.97 Å². The van der Waals surface area contributed by atoms with Crippen molar-refractivity contribution in [3.8, 4) is 0 Å². The molecule has 1 atom stereocenters.